The average molecular weight is 192 g/mol. The van der Waals surface area contributed by atoms with Crippen LogP contribution in [0.2, 0.25) is 0 Å². The fourth-order valence-corrected chi connectivity index (χ4v) is 1.15. The summed E-state index contributed by atoms with van der Waals surface area (Å²) in [7, 11) is 0. The molecule has 14 heavy (non-hydrogen) atoms. The molecule has 0 amide bonds. The molecule has 0 bridgehead atoms. The number of benzene rings is 1. The summed E-state index contributed by atoms with van der Waals surface area (Å²) in [4.78, 5) is 14.4. The Hall–Kier alpha value is -1.84. The molecule has 0 fully saturated rings. The first kappa shape index (κ1) is 10.2. The number of aliphatic imine (C=N–C) groups is 1. The highest BCUT2D eigenvalue weighted by Gasteiger charge is 2.15. The van der Waals surface area contributed by atoms with Gasteiger partial charge in [-0.05, 0) is 5.56 Å². The molecule has 74 valence electrons. The molecule has 0 unspecified atom stereocenters. The summed E-state index contributed by atoms with van der Waals surface area (Å²) >= 11 is 0. The topological polar surface area (TPSA) is 75.7 Å². The van der Waals surface area contributed by atoms with Gasteiger partial charge >= 0.3 is 5.97 Å². The molecule has 0 aromatic heterocycles. The standard InChI is InChI=1S/C10H12N2O2/c11-7-12-9(10(13)14)6-8-4-2-1-3-5-8/h1-5,7,9H,6H2,(H2,11,12)(H,13,14)/t9-/m0/s1. The fraction of sp³-hybridized carbons (Fsp3) is 0.200. The summed E-state index contributed by atoms with van der Waals surface area (Å²) in [5, 5.41) is 8.80. The number of nitrogens with zero attached hydrogens (tertiary/aromatic N) is 1. The lowest BCUT2D eigenvalue weighted by Crippen LogP contribution is -2.21. The second kappa shape index (κ2) is 5.01. The van der Waals surface area contributed by atoms with Gasteiger partial charge in [-0.25, -0.2) is 4.79 Å². The van der Waals surface area contributed by atoms with Gasteiger partial charge in [-0.3, -0.25) is 4.99 Å². The van der Waals surface area contributed by atoms with E-state index in [1.165, 1.54) is 0 Å². The molecule has 0 aliphatic carbocycles. The number of carbonyl (C=O) groups is 1. The summed E-state index contributed by atoms with van der Waals surface area (Å²) in [6, 6.07) is 8.54. The summed E-state index contributed by atoms with van der Waals surface area (Å²) in [6.07, 6.45) is 1.39. The molecule has 0 aliphatic heterocycles. The predicted octanol–water partition coefficient (Wildman–Crippen LogP) is 0.669. The number of carboxylic acid groups (broad SMARTS) is 1. The maximum Gasteiger partial charge on any atom is 0.328 e. The lowest BCUT2D eigenvalue weighted by Gasteiger charge is -2.06. The van der Waals surface area contributed by atoms with Crippen LogP contribution in [0.25, 0.3) is 0 Å². The first-order chi connectivity index (χ1) is 6.74. The molecular formula is C10H12N2O2. The number of aliphatic carboxylic acids is 1. The maximum atomic E-state index is 10.7. The molecule has 0 radical (unpaired) electrons. The summed E-state index contributed by atoms with van der Waals surface area (Å²) in [5.74, 6) is -0.962. The second-order valence-electron chi connectivity index (χ2n) is 2.84. The van der Waals surface area contributed by atoms with Crippen molar-refractivity contribution in [2.45, 2.75) is 12.5 Å². The SMILES string of the molecule is NC=N[C@@H](Cc1ccccc1)C(=O)O. The van der Waals surface area contributed by atoms with E-state index in [1.54, 1.807) is 0 Å². The summed E-state index contributed by atoms with van der Waals surface area (Å²) in [6.45, 7) is 0. The molecule has 1 aromatic rings. The molecular weight excluding hydrogens is 180 g/mol. The lowest BCUT2D eigenvalue weighted by molar-refractivity contribution is -0.138. The molecule has 3 N–H and O–H groups in total. The number of carboxylic acids is 1. The van der Waals surface area contributed by atoms with Crippen LogP contribution in [0.15, 0.2) is 35.3 Å². The first-order valence-electron chi connectivity index (χ1n) is 4.24. The van der Waals surface area contributed by atoms with Crippen molar-refractivity contribution in [3.63, 3.8) is 0 Å². The molecule has 0 saturated carbocycles. The van der Waals surface area contributed by atoms with E-state index in [4.69, 9.17) is 10.8 Å². The van der Waals surface area contributed by atoms with Gasteiger partial charge in [-0.15, -0.1) is 0 Å². The Morgan fingerprint density at radius 1 is 1.50 bits per heavy atom. The monoisotopic (exact) mass is 192 g/mol. The Bertz CT molecular complexity index is 322. The van der Waals surface area contributed by atoms with Crippen molar-refractivity contribution in [2.75, 3.05) is 0 Å². The van der Waals surface area contributed by atoms with Crippen molar-refractivity contribution in [2.24, 2.45) is 10.7 Å². The third kappa shape index (κ3) is 2.90. The predicted molar refractivity (Wildman–Crippen MR) is 54.2 cm³/mol. The van der Waals surface area contributed by atoms with Crippen molar-refractivity contribution >= 4 is 12.3 Å². The normalized spacial score (nSPS) is 12.9. The Labute approximate surface area is 82.1 Å². The van der Waals surface area contributed by atoms with E-state index in [2.05, 4.69) is 4.99 Å². The molecule has 4 nitrogen and oxygen atoms in total. The zero-order valence-electron chi connectivity index (χ0n) is 7.63. The van der Waals surface area contributed by atoms with Crippen LogP contribution in [0.3, 0.4) is 0 Å². The number of hydrogen-bond acceptors (Lipinski definition) is 2. The van der Waals surface area contributed by atoms with Gasteiger partial charge in [0.2, 0.25) is 0 Å². The Morgan fingerprint density at radius 2 is 2.14 bits per heavy atom. The third-order valence-electron chi connectivity index (χ3n) is 1.82. The number of rotatable bonds is 4. The van der Waals surface area contributed by atoms with Crippen LogP contribution in [0.1, 0.15) is 5.56 Å². The van der Waals surface area contributed by atoms with E-state index < -0.39 is 12.0 Å². The van der Waals surface area contributed by atoms with Gasteiger partial charge in [0.05, 0.1) is 6.34 Å². The van der Waals surface area contributed by atoms with Gasteiger partial charge in [-0.1, -0.05) is 30.3 Å². The smallest absolute Gasteiger partial charge is 0.328 e. The van der Waals surface area contributed by atoms with Crippen molar-refractivity contribution in [1.82, 2.24) is 0 Å². The van der Waals surface area contributed by atoms with Crippen LogP contribution in [0, 0.1) is 0 Å². The van der Waals surface area contributed by atoms with Crippen LogP contribution in [0.4, 0.5) is 0 Å². The van der Waals surface area contributed by atoms with Crippen molar-refractivity contribution in [3.05, 3.63) is 35.9 Å². The van der Waals surface area contributed by atoms with Crippen molar-refractivity contribution < 1.29 is 9.90 Å². The molecule has 1 atom stereocenters. The van der Waals surface area contributed by atoms with Crippen molar-refractivity contribution in [3.8, 4) is 0 Å². The van der Waals surface area contributed by atoms with E-state index >= 15 is 0 Å². The minimum absolute atomic E-state index is 0.365. The average Bonchev–Trinajstić information content (AvgIpc) is 2.18. The zero-order chi connectivity index (χ0) is 10.4. The Kier molecular flexibility index (Phi) is 3.67. The minimum atomic E-state index is -0.962. The largest absolute Gasteiger partial charge is 0.480 e. The molecule has 0 spiro atoms. The van der Waals surface area contributed by atoms with Gasteiger partial charge in [0.15, 0.2) is 6.04 Å². The fourth-order valence-electron chi connectivity index (χ4n) is 1.15. The van der Waals surface area contributed by atoms with Gasteiger partial charge in [-0.2, -0.15) is 0 Å². The van der Waals surface area contributed by atoms with Crippen LogP contribution in [-0.4, -0.2) is 23.5 Å². The summed E-state index contributed by atoms with van der Waals surface area (Å²) < 4.78 is 0. The van der Waals surface area contributed by atoms with Gasteiger partial charge < -0.3 is 10.8 Å². The van der Waals surface area contributed by atoms with E-state index in [1.807, 2.05) is 30.3 Å². The highest BCUT2D eigenvalue weighted by Crippen LogP contribution is 2.05. The maximum absolute atomic E-state index is 10.7. The summed E-state index contributed by atoms with van der Waals surface area (Å²) in [5.41, 5.74) is 6.00. The van der Waals surface area contributed by atoms with Gasteiger partial charge in [0.1, 0.15) is 0 Å². The molecule has 0 heterocycles. The molecule has 1 aromatic carbocycles. The van der Waals surface area contributed by atoms with Crippen LogP contribution >= 0.6 is 0 Å². The van der Waals surface area contributed by atoms with Crippen LogP contribution in [-0.2, 0) is 11.2 Å². The highest BCUT2D eigenvalue weighted by atomic mass is 16.4. The minimum Gasteiger partial charge on any atom is -0.480 e. The first-order valence-corrected chi connectivity index (χ1v) is 4.24. The zero-order valence-corrected chi connectivity index (χ0v) is 7.63. The highest BCUT2D eigenvalue weighted by molar-refractivity contribution is 5.76. The van der Waals surface area contributed by atoms with E-state index in [-0.39, 0.29) is 0 Å². The lowest BCUT2D eigenvalue weighted by atomic mass is 10.1. The van der Waals surface area contributed by atoms with Crippen LogP contribution in [0.5, 0.6) is 0 Å². The third-order valence-corrected chi connectivity index (χ3v) is 1.82. The number of nitrogens with two attached hydrogens (primary N) is 1. The van der Waals surface area contributed by atoms with Gasteiger partial charge in [0, 0.05) is 6.42 Å². The Morgan fingerprint density at radius 3 is 2.64 bits per heavy atom. The molecule has 0 aliphatic rings. The quantitative estimate of drug-likeness (QED) is 0.543. The molecule has 1 rings (SSSR count). The van der Waals surface area contributed by atoms with Gasteiger partial charge in [0.25, 0.3) is 0 Å². The number of hydrogen-bond donors (Lipinski definition) is 2. The van der Waals surface area contributed by atoms with Crippen LogP contribution < -0.4 is 5.73 Å². The molecule has 0 saturated heterocycles. The van der Waals surface area contributed by atoms with Crippen molar-refractivity contribution in [1.29, 1.82) is 0 Å². The van der Waals surface area contributed by atoms with E-state index in [0.29, 0.717) is 6.42 Å². The Balaban J connectivity index is 2.70. The van der Waals surface area contributed by atoms with E-state index in [0.717, 1.165) is 11.9 Å². The van der Waals surface area contributed by atoms with E-state index in [9.17, 15) is 4.79 Å². The molecule has 4 heteroatoms. The second-order valence-corrected chi connectivity index (χ2v) is 2.84.